The van der Waals surface area contributed by atoms with Gasteiger partial charge < -0.3 is 10.1 Å². The highest BCUT2D eigenvalue weighted by Gasteiger charge is 2.31. The average molecular weight is 159 g/mol. The molecule has 2 fully saturated rings. The van der Waals surface area contributed by atoms with Gasteiger partial charge in [0.1, 0.15) is 0 Å². The summed E-state index contributed by atoms with van der Waals surface area (Å²) in [5.74, 6) is 2.55. The third-order valence-corrected chi connectivity index (χ3v) is 3.16. The Bertz CT molecular complexity index is 106. The van der Waals surface area contributed by atoms with Crippen LogP contribution in [0.2, 0.25) is 0 Å². The molecule has 0 saturated carbocycles. The zero-order chi connectivity index (χ0) is 6.81. The Morgan fingerprint density at radius 2 is 2.40 bits per heavy atom. The first kappa shape index (κ1) is 6.95. The molecular weight excluding hydrogens is 146 g/mol. The van der Waals surface area contributed by atoms with E-state index in [1.807, 2.05) is 11.8 Å². The van der Waals surface area contributed by atoms with E-state index in [2.05, 4.69) is 5.32 Å². The van der Waals surface area contributed by atoms with Crippen LogP contribution in [0.15, 0.2) is 0 Å². The molecule has 0 aromatic heterocycles. The topological polar surface area (TPSA) is 21.3 Å². The Balaban J connectivity index is 1.83. The van der Waals surface area contributed by atoms with Crippen molar-refractivity contribution >= 4 is 11.8 Å². The normalized spacial score (nSPS) is 40.8. The molecule has 0 aromatic carbocycles. The third kappa shape index (κ3) is 1.31. The fourth-order valence-corrected chi connectivity index (χ4v) is 2.29. The molecule has 2 aliphatic rings. The van der Waals surface area contributed by atoms with Gasteiger partial charge >= 0.3 is 0 Å². The summed E-state index contributed by atoms with van der Waals surface area (Å²) in [5.41, 5.74) is 0. The van der Waals surface area contributed by atoms with Crippen LogP contribution in [-0.2, 0) is 4.74 Å². The summed E-state index contributed by atoms with van der Waals surface area (Å²) in [6, 6.07) is 0.681. The zero-order valence-corrected chi connectivity index (χ0v) is 6.82. The average Bonchev–Trinajstić information content (AvgIpc) is 1.89. The summed E-state index contributed by atoms with van der Waals surface area (Å²) < 4.78 is 5.39. The predicted molar refractivity (Wildman–Crippen MR) is 43.5 cm³/mol. The van der Waals surface area contributed by atoms with E-state index in [9.17, 15) is 0 Å². The van der Waals surface area contributed by atoms with Crippen molar-refractivity contribution in [1.82, 2.24) is 5.32 Å². The summed E-state index contributed by atoms with van der Waals surface area (Å²) in [5, 5.41) is 3.48. The molecule has 2 nitrogen and oxygen atoms in total. The zero-order valence-electron chi connectivity index (χ0n) is 6.01. The standard InChI is InChI=1S/C7H13NOS/c1-3-10-4-2-8-6-5-9-7(1)6/h6-8H,1-5H2. The molecule has 10 heavy (non-hydrogen) atoms. The second-order valence-corrected chi connectivity index (χ2v) is 4.06. The highest BCUT2D eigenvalue weighted by Crippen LogP contribution is 2.20. The lowest BCUT2D eigenvalue weighted by Crippen LogP contribution is -2.55. The SMILES string of the molecule is C1CSCCC2OCC2N1. The van der Waals surface area contributed by atoms with Gasteiger partial charge in [0, 0.05) is 12.3 Å². The van der Waals surface area contributed by atoms with Crippen LogP contribution in [0.25, 0.3) is 0 Å². The Labute approximate surface area is 65.7 Å². The number of fused-ring (bicyclic) bond motifs is 1. The Morgan fingerprint density at radius 1 is 1.40 bits per heavy atom. The van der Waals surface area contributed by atoms with Gasteiger partial charge in [-0.05, 0) is 12.2 Å². The number of ether oxygens (including phenoxy) is 1. The van der Waals surface area contributed by atoms with Gasteiger partial charge in [-0.3, -0.25) is 0 Å². The molecule has 2 unspecified atom stereocenters. The van der Waals surface area contributed by atoms with Gasteiger partial charge in [-0.25, -0.2) is 0 Å². The van der Waals surface area contributed by atoms with E-state index in [-0.39, 0.29) is 0 Å². The van der Waals surface area contributed by atoms with E-state index < -0.39 is 0 Å². The first-order valence-electron chi connectivity index (χ1n) is 3.89. The van der Waals surface area contributed by atoms with Crippen molar-refractivity contribution < 1.29 is 4.74 Å². The Hall–Kier alpha value is 0.270. The van der Waals surface area contributed by atoms with Gasteiger partial charge in [-0.15, -0.1) is 0 Å². The highest BCUT2D eigenvalue weighted by atomic mass is 32.2. The maximum atomic E-state index is 5.39. The van der Waals surface area contributed by atoms with Gasteiger partial charge in [0.25, 0.3) is 0 Å². The molecule has 2 heterocycles. The van der Waals surface area contributed by atoms with Crippen LogP contribution in [0.3, 0.4) is 0 Å². The molecule has 1 N–H and O–H groups in total. The molecule has 2 atom stereocenters. The molecule has 0 radical (unpaired) electrons. The molecular formula is C7H13NOS. The largest absolute Gasteiger partial charge is 0.375 e. The number of thioether (sulfide) groups is 1. The summed E-state index contributed by atoms with van der Waals surface area (Å²) in [4.78, 5) is 0. The van der Waals surface area contributed by atoms with Gasteiger partial charge in [0.15, 0.2) is 0 Å². The minimum absolute atomic E-state index is 0.535. The summed E-state index contributed by atoms with van der Waals surface area (Å²) in [6.07, 6.45) is 1.77. The number of hydrogen-bond acceptors (Lipinski definition) is 3. The van der Waals surface area contributed by atoms with Crippen molar-refractivity contribution in [2.75, 3.05) is 24.7 Å². The second kappa shape index (κ2) is 3.11. The fourth-order valence-electron chi connectivity index (χ4n) is 1.42. The van der Waals surface area contributed by atoms with Crippen LogP contribution in [0.4, 0.5) is 0 Å². The number of hydrogen-bond donors (Lipinski definition) is 1. The molecule has 2 saturated heterocycles. The van der Waals surface area contributed by atoms with Crippen LogP contribution in [0, 0.1) is 0 Å². The van der Waals surface area contributed by atoms with Crippen molar-refractivity contribution in [1.29, 1.82) is 0 Å². The van der Waals surface area contributed by atoms with E-state index in [0.717, 1.165) is 13.2 Å². The van der Waals surface area contributed by atoms with Crippen molar-refractivity contribution in [2.24, 2.45) is 0 Å². The van der Waals surface area contributed by atoms with E-state index in [1.165, 1.54) is 17.9 Å². The maximum Gasteiger partial charge on any atom is 0.0759 e. The summed E-state index contributed by atoms with van der Waals surface area (Å²) in [7, 11) is 0. The van der Waals surface area contributed by atoms with E-state index in [4.69, 9.17) is 4.74 Å². The molecule has 2 rings (SSSR count). The van der Waals surface area contributed by atoms with Crippen LogP contribution < -0.4 is 5.32 Å². The van der Waals surface area contributed by atoms with Gasteiger partial charge in [-0.2, -0.15) is 11.8 Å². The maximum absolute atomic E-state index is 5.39. The van der Waals surface area contributed by atoms with Gasteiger partial charge in [-0.1, -0.05) is 0 Å². The van der Waals surface area contributed by atoms with Crippen molar-refractivity contribution in [3.8, 4) is 0 Å². The fraction of sp³-hybridized carbons (Fsp3) is 1.00. The van der Waals surface area contributed by atoms with Crippen molar-refractivity contribution in [3.05, 3.63) is 0 Å². The molecule has 0 amide bonds. The first-order valence-corrected chi connectivity index (χ1v) is 5.05. The Morgan fingerprint density at radius 3 is 3.20 bits per heavy atom. The quantitative estimate of drug-likeness (QED) is 0.555. The van der Waals surface area contributed by atoms with Gasteiger partial charge in [0.05, 0.1) is 18.8 Å². The van der Waals surface area contributed by atoms with Gasteiger partial charge in [0.2, 0.25) is 0 Å². The van der Waals surface area contributed by atoms with Crippen LogP contribution in [0.5, 0.6) is 0 Å². The highest BCUT2D eigenvalue weighted by molar-refractivity contribution is 7.99. The number of rotatable bonds is 0. The monoisotopic (exact) mass is 159 g/mol. The molecule has 0 spiro atoms. The lowest BCUT2D eigenvalue weighted by atomic mass is 10.0. The second-order valence-electron chi connectivity index (χ2n) is 2.83. The third-order valence-electron chi connectivity index (χ3n) is 2.14. The lowest BCUT2D eigenvalue weighted by Gasteiger charge is -2.38. The van der Waals surface area contributed by atoms with E-state index >= 15 is 0 Å². The molecule has 2 aliphatic heterocycles. The molecule has 58 valence electrons. The molecule has 0 aliphatic carbocycles. The molecule has 0 bridgehead atoms. The first-order chi connectivity index (χ1) is 4.97. The van der Waals surface area contributed by atoms with Crippen LogP contribution >= 0.6 is 11.8 Å². The summed E-state index contributed by atoms with van der Waals surface area (Å²) >= 11 is 2.03. The summed E-state index contributed by atoms with van der Waals surface area (Å²) in [6.45, 7) is 2.10. The minimum atomic E-state index is 0.535. The predicted octanol–water partition coefficient (Wildman–Crippen LogP) is 0.480. The van der Waals surface area contributed by atoms with Crippen molar-refractivity contribution in [2.45, 2.75) is 18.6 Å². The molecule has 0 aromatic rings. The van der Waals surface area contributed by atoms with E-state index in [0.29, 0.717) is 12.1 Å². The Kier molecular flexibility index (Phi) is 2.16. The molecule has 3 heteroatoms. The number of nitrogens with one attached hydrogen (secondary N) is 1. The van der Waals surface area contributed by atoms with Crippen LogP contribution in [-0.4, -0.2) is 36.8 Å². The van der Waals surface area contributed by atoms with E-state index in [1.54, 1.807) is 0 Å². The lowest BCUT2D eigenvalue weighted by molar-refractivity contribution is -0.0870. The minimum Gasteiger partial charge on any atom is -0.375 e. The smallest absolute Gasteiger partial charge is 0.0759 e. The van der Waals surface area contributed by atoms with Crippen molar-refractivity contribution in [3.63, 3.8) is 0 Å². The van der Waals surface area contributed by atoms with Crippen LogP contribution in [0.1, 0.15) is 6.42 Å².